The Kier molecular flexibility index (Phi) is 6.36. The maximum absolute atomic E-state index is 13.8. The van der Waals surface area contributed by atoms with Gasteiger partial charge in [0.1, 0.15) is 23.5 Å². The Labute approximate surface area is 215 Å². The van der Waals surface area contributed by atoms with E-state index < -0.39 is 12.1 Å². The second-order valence-electron chi connectivity index (χ2n) is 8.65. The Balaban J connectivity index is 1.65. The molecule has 0 radical (unpaired) electrons. The van der Waals surface area contributed by atoms with Gasteiger partial charge in [-0.15, -0.1) is 0 Å². The number of benzene rings is 1. The predicted molar refractivity (Wildman–Crippen MR) is 139 cm³/mol. The van der Waals surface area contributed by atoms with Crippen molar-refractivity contribution >= 4 is 34.0 Å². The van der Waals surface area contributed by atoms with Crippen LogP contribution in [0.15, 0.2) is 52.2 Å². The lowest BCUT2D eigenvalue weighted by atomic mass is 10.1. The topological polar surface area (TPSA) is 163 Å². The monoisotopic (exact) mass is 521 g/mol. The molecule has 0 aliphatic heterocycles. The normalized spacial score (nSPS) is 13.1. The molecule has 0 aliphatic rings. The molecule has 2 atom stereocenters. The molecule has 0 amide bonds. The summed E-state index contributed by atoms with van der Waals surface area (Å²) in [6.07, 6.45) is 2.42. The number of halogens is 1. The molecule has 0 spiro atoms. The lowest BCUT2D eigenvalue weighted by Gasteiger charge is -2.21. The van der Waals surface area contributed by atoms with Crippen LogP contribution in [-0.4, -0.2) is 45.7 Å². The lowest BCUT2D eigenvalue weighted by molar-refractivity contribution is 0.168. The summed E-state index contributed by atoms with van der Waals surface area (Å²) in [4.78, 5) is 26.4. The van der Waals surface area contributed by atoms with Gasteiger partial charge in [-0.25, -0.2) is 9.97 Å². The SMILES string of the molecule is Cc1noc(-c2c(N)ncnc2N[C@@H](C)c2cc3cccc(Cl)c3c(=O)n2-c2ccn(CC(C)O)n2)n1. The van der Waals surface area contributed by atoms with Gasteiger partial charge in [-0.05, 0) is 38.3 Å². The van der Waals surface area contributed by atoms with E-state index in [9.17, 15) is 9.90 Å². The summed E-state index contributed by atoms with van der Waals surface area (Å²) < 4.78 is 8.38. The van der Waals surface area contributed by atoms with Crippen LogP contribution in [-0.2, 0) is 6.54 Å². The number of aliphatic hydroxyl groups is 1. The van der Waals surface area contributed by atoms with Gasteiger partial charge in [0.05, 0.1) is 34.8 Å². The first kappa shape index (κ1) is 24.4. The molecular weight excluding hydrogens is 498 g/mol. The van der Waals surface area contributed by atoms with Gasteiger partial charge in [-0.1, -0.05) is 28.9 Å². The molecule has 5 rings (SSSR count). The highest BCUT2D eigenvalue weighted by Gasteiger charge is 2.23. The van der Waals surface area contributed by atoms with E-state index in [2.05, 4.69) is 30.5 Å². The van der Waals surface area contributed by atoms with Crippen LogP contribution in [0.2, 0.25) is 5.02 Å². The van der Waals surface area contributed by atoms with E-state index in [0.717, 1.165) is 0 Å². The molecule has 4 heterocycles. The Morgan fingerprint density at radius 2 is 2.05 bits per heavy atom. The molecule has 0 aliphatic carbocycles. The minimum atomic E-state index is -0.606. The van der Waals surface area contributed by atoms with Crippen molar-refractivity contribution in [2.45, 2.75) is 39.5 Å². The number of nitrogens with one attached hydrogen (secondary N) is 1. The minimum absolute atomic E-state index is 0.160. The molecule has 1 aromatic carbocycles. The van der Waals surface area contributed by atoms with Gasteiger partial charge < -0.3 is 20.7 Å². The van der Waals surface area contributed by atoms with Crippen LogP contribution in [0.3, 0.4) is 0 Å². The van der Waals surface area contributed by atoms with E-state index in [1.165, 1.54) is 10.9 Å². The largest absolute Gasteiger partial charge is 0.391 e. The van der Waals surface area contributed by atoms with E-state index in [-0.39, 0.29) is 23.8 Å². The van der Waals surface area contributed by atoms with Gasteiger partial charge in [0.25, 0.3) is 11.4 Å². The molecule has 4 aromatic heterocycles. The summed E-state index contributed by atoms with van der Waals surface area (Å²) in [5.74, 6) is 1.50. The fourth-order valence-corrected chi connectivity index (χ4v) is 4.40. The first-order chi connectivity index (χ1) is 17.7. The highest BCUT2D eigenvalue weighted by molar-refractivity contribution is 6.35. The Bertz CT molecular complexity index is 1660. The molecule has 12 nitrogen and oxygen atoms in total. The molecule has 190 valence electrons. The van der Waals surface area contributed by atoms with Gasteiger partial charge in [0.2, 0.25) is 0 Å². The maximum atomic E-state index is 13.8. The minimum Gasteiger partial charge on any atom is -0.391 e. The van der Waals surface area contributed by atoms with Crippen LogP contribution in [0.25, 0.3) is 28.0 Å². The number of hydrogen-bond donors (Lipinski definition) is 3. The van der Waals surface area contributed by atoms with Crippen molar-refractivity contribution < 1.29 is 9.63 Å². The molecule has 0 fully saturated rings. The number of hydrogen-bond acceptors (Lipinski definition) is 10. The van der Waals surface area contributed by atoms with Crippen LogP contribution in [0.1, 0.15) is 31.4 Å². The molecule has 4 N–H and O–H groups in total. The average Bonchev–Trinajstić information content (AvgIpc) is 3.47. The predicted octanol–water partition coefficient (Wildman–Crippen LogP) is 3.13. The third-order valence-electron chi connectivity index (χ3n) is 5.75. The number of pyridine rings is 1. The zero-order valence-electron chi connectivity index (χ0n) is 20.3. The van der Waals surface area contributed by atoms with Crippen LogP contribution in [0.5, 0.6) is 0 Å². The van der Waals surface area contributed by atoms with Gasteiger partial charge in [0.15, 0.2) is 11.6 Å². The number of nitrogens with two attached hydrogens (primary N) is 1. The number of nitrogens with zero attached hydrogens (tertiary/aromatic N) is 7. The van der Waals surface area contributed by atoms with Gasteiger partial charge in [-0.3, -0.25) is 14.0 Å². The average molecular weight is 522 g/mol. The molecule has 0 saturated carbocycles. The highest BCUT2D eigenvalue weighted by Crippen LogP contribution is 2.32. The number of fused-ring (bicyclic) bond motifs is 1. The van der Waals surface area contributed by atoms with Crippen molar-refractivity contribution in [3.05, 3.63) is 69.8 Å². The summed E-state index contributed by atoms with van der Waals surface area (Å²) in [6.45, 7) is 5.50. The zero-order valence-corrected chi connectivity index (χ0v) is 21.0. The van der Waals surface area contributed by atoms with Crippen LogP contribution in [0.4, 0.5) is 11.6 Å². The lowest BCUT2D eigenvalue weighted by Crippen LogP contribution is -2.26. The van der Waals surface area contributed by atoms with Crippen LogP contribution < -0.4 is 16.6 Å². The number of aliphatic hydroxyl groups excluding tert-OH is 1. The van der Waals surface area contributed by atoms with E-state index in [4.69, 9.17) is 21.9 Å². The third-order valence-corrected chi connectivity index (χ3v) is 6.06. The van der Waals surface area contributed by atoms with Gasteiger partial charge in [0, 0.05) is 12.3 Å². The van der Waals surface area contributed by atoms with E-state index in [0.29, 0.717) is 44.5 Å². The van der Waals surface area contributed by atoms with Crippen molar-refractivity contribution in [1.29, 1.82) is 0 Å². The molecule has 0 bridgehead atoms. The van der Waals surface area contributed by atoms with Crippen molar-refractivity contribution in [2.75, 3.05) is 11.1 Å². The standard InChI is InChI=1S/C24H24ClN9O3/c1-12(35)10-33-8-7-18(31-33)34-17(9-15-5-4-6-16(25)19(15)24(34)36)13(2)29-22-20(21(26)27-11-28-22)23-30-14(3)32-37-23/h4-9,11-13,35H,10H2,1-3H3,(H3,26,27,28,29)/t12?,13-/m0/s1. The molecule has 1 unspecified atom stereocenters. The van der Waals surface area contributed by atoms with Gasteiger partial charge >= 0.3 is 0 Å². The molecule has 5 aromatic rings. The summed E-state index contributed by atoms with van der Waals surface area (Å²) in [5.41, 5.74) is 6.75. The molecule has 37 heavy (non-hydrogen) atoms. The summed E-state index contributed by atoms with van der Waals surface area (Å²) >= 11 is 6.42. The Hall–Kier alpha value is -4.29. The fraction of sp³-hybridized carbons (Fsp3) is 0.250. The second-order valence-corrected chi connectivity index (χ2v) is 9.06. The van der Waals surface area contributed by atoms with Crippen molar-refractivity contribution in [2.24, 2.45) is 0 Å². The Morgan fingerprint density at radius 3 is 2.78 bits per heavy atom. The number of aromatic nitrogens is 7. The van der Waals surface area contributed by atoms with E-state index in [1.807, 2.05) is 19.1 Å². The molecular formula is C24H24ClN9O3. The highest BCUT2D eigenvalue weighted by atomic mass is 35.5. The molecule has 0 saturated heterocycles. The number of rotatable bonds is 7. The summed E-state index contributed by atoms with van der Waals surface area (Å²) in [5, 5.41) is 22.8. The number of nitrogen functional groups attached to an aromatic ring is 1. The van der Waals surface area contributed by atoms with Gasteiger partial charge in [-0.2, -0.15) is 10.1 Å². The maximum Gasteiger partial charge on any atom is 0.266 e. The first-order valence-electron chi connectivity index (χ1n) is 11.5. The third kappa shape index (κ3) is 4.63. The molecule has 13 heteroatoms. The van der Waals surface area contributed by atoms with Crippen molar-refractivity contribution in [3.63, 3.8) is 0 Å². The van der Waals surface area contributed by atoms with E-state index in [1.54, 1.807) is 42.9 Å². The summed E-state index contributed by atoms with van der Waals surface area (Å²) in [6, 6.07) is 8.38. The second kappa shape index (κ2) is 9.64. The Morgan fingerprint density at radius 1 is 1.24 bits per heavy atom. The van der Waals surface area contributed by atoms with Crippen LogP contribution >= 0.6 is 11.6 Å². The smallest absolute Gasteiger partial charge is 0.266 e. The zero-order chi connectivity index (χ0) is 26.3. The first-order valence-corrected chi connectivity index (χ1v) is 11.8. The van der Waals surface area contributed by atoms with Crippen molar-refractivity contribution in [1.82, 2.24) is 34.5 Å². The number of anilines is 2. The quantitative estimate of drug-likeness (QED) is 0.290. The van der Waals surface area contributed by atoms with E-state index >= 15 is 0 Å². The van der Waals surface area contributed by atoms with Crippen LogP contribution in [0, 0.1) is 6.92 Å². The van der Waals surface area contributed by atoms with Crippen molar-refractivity contribution in [3.8, 4) is 17.3 Å². The number of aryl methyl sites for hydroxylation is 1. The summed E-state index contributed by atoms with van der Waals surface area (Å²) in [7, 11) is 0. The fourth-order valence-electron chi connectivity index (χ4n) is 4.13.